The lowest BCUT2D eigenvalue weighted by Crippen LogP contribution is -2.36. The number of rotatable bonds is 5. The number of thiophene rings is 1. The summed E-state index contributed by atoms with van der Waals surface area (Å²) in [7, 11) is 0. The van der Waals surface area contributed by atoms with Crippen molar-refractivity contribution in [2.75, 3.05) is 0 Å². The Morgan fingerprint density at radius 3 is 2.62 bits per heavy atom. The second-order valence-corrected chi connectivity index (χ2v) is 7.62. The normalized spacial score (nSPS) is 12.1. The molecule has 29 heavy (non-hydrogen) atoms. The maximum Gasteiger partial charge on any atom is 0.272 e. The van der Waals surface area contributed by atoms with Crippen LogP contribution in [0.1, 0.15) is 22.2 Å². The number of carbonyl (C=O) groups is 1. The first-order valence-corrected chi connectivity index (χ1v) is 9.95. The van der Waals surface area contributed by atoms with E-state index in [1.807, 2.05) is 29.6 Å². The van der Waals surface area contributed by atoms with Gasteiger partial charge in [0.2, 0.25) is 5.91 Å². The number of nitrogens with one attached hydrogen (secondary N) is 1. The van der Waals surface area contributed by atoms with Crippen LogP contribution in [-0.4, -0.2) is 15.5 Å². The predicted molar refractivity (Wildman–Crippen MR) is 111 cm³/mol. The molecule has 0 fully saturated rings. The molecule has 7 heteroatoms. The minimum Gasteiger partial charge on any atom is -0.343 e. The zero-order chi connectivity index (χ0) is 20.4. The fourth-order valence-electron chi connectivity index (χ4n) is 3.26. The van der Waals surface area contributed by atoms with E-state index in [-0.39, 0.29) is 23.8 Å². The van der Waals surface area contributed by atoms with Crippen molar-refractivity contribution in [3.05, 3.63) is 98.3 Å². The Kier molecular flexibility index (Phi) is 5.22. The molecule has 0 spiro atoms. The smallest absolute Gasteiger partial charge is 0.272 e. The molecule has 1 amide bonds. The quantitative estimate of drug-likeness (QED) is 0.547. The SMILES string of the molecule is Cc1nc2ccccc2n(CC(=O)N[C@H](c2ccc(F)cc2)c2cccs2)c1=O. The average molecular weight is 407 g/mol. The molecule has 4 aromatic rings. The van der Waals surface area contributed by atoms with Gasteiger partial charge in [0.05, 0.1) is 17.1 Å². The number of benzene rings is 2. The number of carbonyl (C=O) groups excluding carboxylic acids is 1. The number of aryl methyl sites for hydroxylation is 1. The monoisotopic (exact) mass is 407 g/mol. The van der Waals surface area contributed by atoms with Gasteiger partial charge in [0.25, 0.3) is 5.56 Å². The molecule has 4 rings (SSSR count). The second-order valence-electron chi connectivity index (χ2n) is 6.64. The van der Waals surface area contributed by atoms with E-state index >= 15 is 0 Å². The maximum absolute atomic E-state index is 13.3. The molecule has 0 aliphatic heterocycles. The largest absolute Gasteiger partial charge is 0.343 e. The molecule has 146 valence electrons. The third-order valence-corrected chi connectivity index (χ3v) is 5.59. The van der Waals surface area contributed by atoms with E-state index in [1.165, 1.54) is 28.0 Å². The standard InChI is InChI=1S/C22H18FN3O2S/c1-14-22(28)26(18-6-3-2-5-17(18)24-14)13-20(27)25-21(19-7-4-12-29-19)15-8-10-16(23)11-9-15/h2-12,21H,13H2,1H3,(H,25,27)/t21-/m1/s1. The average Bonchev–Trinajstić information content (AvgIpc) is 3.25. The van der Waals surface area contributed by atoms with E-state index in [9.17, 15) is 14.0 Å². The van der Waals surface area contributed by atoms with Crippen LogP contribution >= 0.6 is 11.3 Å². The number of hydrogen-bond acceptors (Lipinski definition) is 4. The highest BCUT2D eigenvalue weighted by molar-refractivity contribution is 7.10. The number of fused-ring (bicyclic) bond motifs is 1. The summed E-state index contributed by atoms with van der Waals surface area (Å²) in [4.78, 5) is 30.8. The minimum atomic E-state index is -0.423. The molecule has 2 aromatic carbocycles. The van der Waals surface area contributed by atoms with Crippen LogP contribution in [0.15, 0.2) is 70.8 Å². The molecule has 0 unspecified atom stereocenters. The van der Waals surface area contributed by atoms with Crippen LogP contribution in [0.3, 0.4) is 0 Å². The van der Waals surface area contributed by atoms with Crippen molar-refractivity contribution in [3.63, 3.8) is 0 Å². The van der Waals surface area contributed by atoms with Crippen molar-refractivity contribution in [2.45, 2.75) is 19.5 Å². The lowest BCUT2D eigenvalue weighted by atomic mass is 10.1. The number of halogens is 1. The summed E-state index contributed by atoms with van der Waals surface area (Å²) in [5, 5.41) is 4.90. The lowest BCUT2D eigenvalue weighted by molar-refractivity contribution is -0.122. The van der Waals surface area contributed by atoms with Gasteiger partial charge in [-0.05, 0) is 48.2 Å². The van der Waals surface area contributed by atoms with Crippen LogP contribution in [0, 0.1) is 12.7 Å². The molecule has 2 aromatic heterocycles. The van der Waals surface area contributed by atoms with Crippen LogP contribution in [0.5, 0.6) is 0 Å². The molecule has 0 aliphatic rings. The molecule has 0 saturated heterocycles. The van der Waals surface area contributed by atoms with Gasteiger partial charge in [-0.2, -0.15) is 0 Å². The Morgan fingerprint density at radius 2 is 1.90 bits per heavy atom. The topological polar surface area (TPSA) is 64.0 Å². The third kappa shape index (κ3) is 3.95. The fraction of sp³-hybridized carbons (Fsp3) is 0.136. The molecule has 0 bridgehead atoms. The van der Waals surface area contributed by atoms with E-state index in [2.05, 4.69) is 10.3 Å². The molecular weight excluding hydrogens is 389 g/mol. The Morgan fingerprint density at radius 1 is 1.14 bits per heavy atom. The number of nitrogens with zero attached hydrogens (tertiary/aromatic N) is 2. The van der Waals surface area contributed by atoms with E-state index in [0.717, 1.165) is 10.4 Å². The fourth-order valence-corrected chi connectivity index (χ4v) is 4.06. The minimum absolute atomic E-state index is 0.133. The molecule has 0 aliphatic carbocycles. The molecule has 1 atom stereocenters. The van der Waals surface area contributed by atoms with Crippen molar-refractivity contribution in [3.8, 4) is 0 Å². The first kappa shape index (κ1) is 19.0. The van der Waals surface area contributed by atoms with Gasteiger partial charge in [-0.3, -0.25) is 14.2 Å². The zero-order valence-corrected chi connectivity index (χ0v) is 16.4. The number of para-hydroxylation sites is 2. The molecular formula is C22H18FN3O2S. The summed E-state index contributed by atoms with van der Waals surface area (Å²) < 4.78 is 14.8. The van der Waals surface area contributed by atoms with Gasteiger partial charge in [-0.25, -0.2) is 9.37 Å². The van der Waals surface area contributed by atoms with Crippen molar-refractivity contribution >= 4 is 28.3 Å². The number of amides is 1. The van der Waals surface area contributed by atoms with Crippen LogP contribution in [0.4, 0.5) is 4.39 Å². The molecule has 0 radical (unpaired) electrons. The summed E-state index contributed by atoms with van der Waals surface area (Å²) in [6.45, 7) is 1.50. The summed E-state index contributed by atoms with van der Waals surface area (Å²) >= 11 is 1.50. The van der Waals surface area contributed by atoms with Gasteiger partial charge < -0.3 is 5.32 Å². The van der Waals surface area contributed by atoms with Crippen LogP contribution < -0.4 is 10.9 Å². The Balaban J connectivity index is 1.66. The van der Waals surface area contributed by atoms with Gasteiger partial charge >= 0.3 is 0 Å². The predicted octanol–water partition coefficient (Wildman–Crippen LogP) is 3.81. The summed E-state index contributed by atoms with van der Waals surface area (Å²) in [6, 6.07) is 16.6. The highest BCUT2D eigenvalue weighted by Crippen LogP contribution is 2.26. The molecule has 0 saturated carbocycles. The van der Waals surface area contributed by atoms with Gasteiger partial charge in [-0.15, -0.1) is 11.3 Å². The lowest BCUT2D eigenvalue weighted by Gasteiger charge is -2.19. The highest BCUT2D eigenvalue weighted by atomic mass is 32.1. The van der Waals surface area contributed by atoms with Crippen LogP contribution in [0.25, 0.3) is 11.0 Å². The van der Waals surface area contributed by atoms with Crippen LogP contribution in [0.2, 0.25) is 0 Å². The third-order valence-electron chi connectivity index (χ3n) is 4.65. The molecule has 2 heterocycles. The second kappa shape index (κ2) is 7.97. The number of aromatic nitrogens is 2. The Labute approximate surface area is 170 Å². The number of hydrogen-bond donors (Lipinski definition) is 1. The summed E-state index contributed by atoms with van der Waals surface area (Å²) in [5.74, 6) is -0.652. The van der Waals surface area contributed by atoms with Gasteiger partial charge in [0.1, 0.15) is 18.1 Å². The van der Waals surface area contributed by atoms with E-state index in [4.69, 9.17) is 0 Å². The van der Waals surface area contributed by atoms with Crippen molar-refractivity contribution in [2.24, 2.45) is 0 Å². The van der Waals surface area contributed by atoms with E-state index in [1.54, 1.807) is 31.2 Å². The van der Waals surface area contributed by atoms with E-state index < -0.39 is 6.04 Å². The first-order chi connectivity index (χ1) is 14.0. The Bertz CT molecular complexity index is 1220. The molecule has 1 N–H and O–H groups in total. The van der Waals surface area contributed by atoms with Gasteiger partial charge in [0.15, 0.2) is 0 Å². The maximum atomic E-state index is 13.3. The first-order valence-electron chi connectivity index (χ1n) is 9.07. The van der Waals surface area contributed by atoms with Crippen LogP contribution in [-0.2, 0) is 11.3 Å². The highest BCUT2D eigenvalue weighted by Gasteiger charge is 2.19. The van der Waals surface area contributed by atoms with Gasteiger partial charge in [0, 0.05) is 4.88 Å². The van der Waals surface area contributed by atoms with Crippen molar-refractivity contribution in [1.82, 2.24) is 14.9 Å². The Hall–Kier alpha value is -3.32. The van der Waals surface area contributed by atoms with E-state index in [0.29, 0.717) is 16.7 Å². The van der Waals surface area contributed by atoms with Crippen molar-refractivity contribution in [1.29, 1.82) is 0 Å². The zero-order valence-electron chi connectivity index (χ0n) is 15.6. The molecule has 5 nitrogen and oxygen atoms in total. The summed E-state index contributed by atoms with van der Waals surface area (Å²) in [6.07, 6.45) is 0. The van der Waals surface area contributed by atoms with Gasteiger partial charge in [-0.1, -0.05) is 30.3 Å². The summed E-state index contributed by atoms with van der Waals surface area (Å²) in [5.41, 5.74) is 2.07. The van der Waals surface area contributed by atoms with Crippen molar-refractivity contribution < 1.29 is 9.18 Å².